The van der Waals surface area contributed by atoms with E-state index in [1.807, 2.05) is 0 Å². The van der Waals surface area contributed by atoms with Crippen molar-refractivity contribution in [2.24, 2.45) is 0 Å². The largest absolute Gasteiger partial charge is 0.471 e. The minimum Gasteiger partial charge on any atom is -0.471 e. The summed E-state index contributed by atoms with van der Waals surface area (Å²) in [4.78, 5) is 24.3. The van der Waals surface area contributed by atoms with E-state index in [4.69, 9.17) is 4.74 Å². The van der Waals surface area contributed by atoms with Crippen molar-refractivity contribution in [2.45, 2.75) is 18.9 Å². The topological polar surface area (TPSA) is 98.5 Å². The lowest BCUT2D eigenvalue weighted by Gasteiger charge is -2.31. The molecule has 0 bridgehead atoms. The maximum Gasteiger partial charge on any atom is 0.269 e. The maximum absolute atomic E-state index is 12.4. The molecular formula is C18H18N4O4. The molecule has 0 saturated carbocycles. The predicted molar refractivity (Wildman–Crippen MR) is 94.4 cm³/mol. The Morgan fingerprint density at radius 1 is 1.31 bits per heavy atom. The molecule has 1 aromatic carbocycles. The first-order valence-electron chi connectivity index (χ1n) is 8.27. The van der Waals surface area contributed by atoms with E-state index in [0.717, 1.165) is 18.4 Å². The summed E-state index contributed by atoms with van der Waals surface area (Å²) in [5.74, 6) is 0.337. The summed E-state index contributed by atoms with van der Waals surface area (Å²) in [7, 11) is 0. The van der Waals surface area contributed by atoms with Crippen LogP contribution < -0.4 is 4.74 Å². The van der Waals surface area contributed by atoms with E-state index in [1.54, 1.807) is 41.4 Å². The minimum atomic E-state index is -0.455. The summed E-state index contributed by atoms with van der Waals surface area (Å²) in [6, 6.07) is 9.53. The number of likely N-dealkylation sites (tertiary alicyclic amines) is 1. The van der Waals surface area contributed by atoms with Crippen LogP contribution in [0.15, 0.2) is 48.7 Å². The second-order valence-electron chi connectivity index (χ2n) is 5.91. The molecule has 1 aliphatic rings. The number of carbonyl (C=O) groups is 1. The number of nitro groups is 1. The van der Waals surface area contributed by atoms with Crippen molar-refractivity contribution >= 4 is 17.7 Å². The molecule has 8 nitrogen and oxygen atoms in total. The zero-order valence-corrected chi connectivity index (χ0v) is 14.0. The van der Waals surface area contributed by atoms with Gasteiger partial charge in [-0.05, 0) is 42.7 Å². The Kier molecular flexibility index (Phi) is 5.52. The first-order chi connectivity index (χ1) is 12.6. The van der Waals surface area contributed by atoms with Gasteiger partial charge in [0.25, 0.3) is 5.69 Å². The molecule has 1 aliphatic heterocycles. The molecule has 1 amide bonds. The zero-order valence-electron chi connectivity index (χ0n) is 14.0. The molecule has 0 N–H and O–H groups in total. The number of piperidine rings is 1. The highest BCUT2D eigenvalue weighted by Crippen LogP contribution is 2.17. The first-order valence-corrected chi connectivity index (χ1v) is 8.27. The molecule has 2 heterocycles. The predicted octanol–water partition coefficient (Wildman–Crippen LogP) is 2.47. The number of nitro benzene ring substituents is 1. The van der Waals surface area contributed by atoms with Gasteiger partial charge in [-0.2, -0.15) is 5.10 Å². The zero-order chi connectivity index (χ0) is 18.4. The van der Waals surface area contributed by atoms with E-state index in [0.29, 0.717) is 19.0 Å². The number of carbonyl (C=O) groups excluding carboxylic acids is 1. The number of nitrogens with zero attached hydrogens (tertiary/aromatic N) is 4. The number of aromatic nitrogens is 2. The van der Waals surface area contributed by atoms with Crippen LogP contribution in [-0.2, 0) is 4.79 Å². The Hall–Kier alpha value is -3.29. The molecule has 1 saturated heterocycles. The van der Waals surface area contributed by atoms with Crippen LogP contribution >= 0.6 is 0 Å². The van der Waals surface area contributed by atoms with Crippen LogP contribution in [0.25, 0.3) is 6.08 Å². The van der Waals surface area contributed by atoms with Gasteiger partial charge < -0.3 is 9.64 Å². The Morgan fingerprint density at radius 2 is 2.12 bits per heavy atom. The Balaban J connectivity index is 1.57. The molecule has 1 aromatic heterocycles. The summed E-state index contributed by atoms with van der Waals surface area (Å²) in [6.07, 6.45) is 6.30. The molecule has 1 fully saturated rings. The van der Waals surface area contributed by atoms with Crippen molar-refractivity contribution in [3.05, 3.63) is 64.3 Å². The van der Waals surface area contributed by atoms with Crippen molar-refractivity contribution in [2.75, 3.05) is 13.1 Å². The third-order valence-electron chi connectivity index (χ3n) is 4.05. The fourth-order valence-electron chi connectivity index (χ4n) is 2.74. The van der Waals surface area contributed by atoms with E-state index in [2.05, 4.69) is 10.2 Å². The van der Waals surface area contributed by atoms with Gasteiger partial charge in [0.05, 0.1) is 11.5 Å². The summed E-state index contributed by atoms with van der Waals surface area (Å²) < 4.78 is 5.78. The molecule has 0 aliphatic carbocycles. The van der Waals surface area contributed by atoms with Crippen LogP contribution in [0.1, 0.15) is 18.4 Å². The van der Waals surface area contributed by atoms with Gasteiger partial charge in [0, 0.05) is 37.0 Å². The van der Waals surface area contributed by atoms with Gasteiger partial charge in [-0.3, -0.25) is 14.9 Å². The van der Waals surface area contributed by atoms with E-state index >= 15 is 0 Å². The van der Waals surface area contributed by atoms with Crippen molar-refractivity contribution in [1.29, 1.82) is 0 Å². The lowest BCUT2D eigenvalue weighted by Crippen LogP contribution is -2.43. The highest BCUT2D eigenvalue weighted by atomic mass is 16.6. The van der Waals surface area contributed by atoms with Gasteiger partial charge in [0.1, 0.15) is 6.10 Å². The van der Waals surface area contributed by atoms with Gasteiger partial charge in [0.15, 0.2) is 0 Å². The van der Waals surface area contributed by atoms with Crippen LogP contribution in [0.2, 0.25) is 0 Å². The van der Waals surface area contributed by atoms with Crippen molar-refractivity contribution in [3.8, 4) is 5.88 Å². The van der Waals surface area contributed by atoms with Crippen molar-refractivity contribution in [3.63, 3.8) is 0 Å². The second-order valence-corrected chi connectivity index (χ2v) is 5.91. The Morgan fingerprint density at radius 3 is 2.81 bits per heavy atom. The normalized spacial score (nSPS) is 17.2. The average Bonchev–Trinajstić information content (AvgIpc) is 2.67. The van der Waals surface area contributed by atoms with Crippen LogP contribution in [0.4, 0.5) is 5.69 Å². The number of amides is 1. The average molecular weight is 354 g/mol. The second kappa shape index (κ2) is 8.19. The summed E-state index contributed by atoms with van der Waals surface area (Å²) in [5.41, 5.74) is 0.752. The number of benzene rings is 1. The van der Waals surface area contributed by atoms with Crippen LogP contribution in [0.3, 0.4) is 0 Å². The van der Waals surface area contributed by atoms with Gasteiger partial charge >= 0.3 is 0 Å². The molecule has 2 aromatic rings. The third-order valence-corrected chi connectivity index (χ3v) is 4.05. The third kappa shape index (κ3) is 4.62. The molecule has 3 rings (SSSR count). The Bertz CT molecular complexity index is 793. The van der Waals surface area contributed by atoms with E-state index in [1.165, 1.54) is 18.2 Å². The lowest BCUT2D eigenvalue weighted by atomic mass is 10.1. The molecule has 26 heavy (non-hydrogen) atoms. The number of non-ortho nitro benzene ring substituents is 1. The summed E-state index contributed by atoms with van der Waals surface area (Å²) >= 11 is 0. The van der Waals surface area contributed by atoms with Crippen molar-refractivity contribution in [1.82, 2.24) is 15.1 Å². The van der Waals surface area contributed by atoms with Crippen LogP contribution in [0, 0.1) is 10.1 Å². The monoisotopic (exact) mass is 354 g/mol. The minimum absolute atomic E-state index is 0.0218. The smallest absolute Gasteiger partial charge is 0.269 e. The van der Waals surface area contributed by atoms with E-state index in [9.17, 15) is 14.9 Å². The summed E-state index contributed by atoms with van der Waals surface area (Å²) in [5, 5.41) is 18.3. The lowest BCUT2D eigenvalue weighted by molar-refractivity contribution is -0.384. The highest BCUT2D eigenvalue weighted by molar-refractivity contribution is 5.91. The van der Waals surface area contributed by atoms with Crippen molar-refractivity contribution < 1.29 is 14.5 Å². The molecule has 134 valence electrons. The van der Waals surface area contributed by atoms with Gasteiger partial charge in [-0.15, -0.1) is 5.10 Å². The van der Waals surface area contributed by atoms with E-state index in [-0.39, 0.29) is 17.7 Å². The fourth-order valence-corrected chi connectivity index (χ4v) is 2.74. The Labute approximate surface area is 150 Å². The van der Waals surface area contributed by atoms with Crippen LogP contribution in [-0.4, -0.2) is 45.1 Å². The van der Waals surface area contributed by atoms with Gasteiger partial charge in [0.2, 0.25) is 11.8 Å². The number of hydrogen-bond acceptors (Lipinski definition) is 6. The van der Waals surface area contributed by atoms with Gasteiger partial charge in [-0.1, -0.05) is 0 Å². The fraction of sp³-hybridized carbons (Fsp3) is 0.278. The number of ether oxygens (including phenoxy) is 1. The van der Waals surface area contributed by atoms with E-state index < -0.39 is 4.92 Å². The molecule has 0 radical (unpaired) electrons. The maximum atomic E-state index is 12.4. The molecular weight excluding hydrogens is 336 g/mol. The molecule has 8 heteroatoms. The van der Waals surface area contributed by atoms with Gasteiger partial charge in [-0.25, -0.2) is 0 Å². The SMILES string of the molecule is O=C(/C=C/c1ccc([N+](=O)[O-])cc1)N1CCCC(Oc2cccnn2)C1. The highest BCUT2D eigenvalue weighted by Gasteiger charge is 2.24. The standard InChI is InChI=1S/C18H18N4O4/c23-18(10-7-14-5-8-15(9-6-14)22(24)25)21-12-2-3-16(13-21)26-17-4-1-11-19-20-17/h1,4-11,16H,2-3,12-13H2/b10-7+. The number of rotatable bonds is 5. The molecule has 1 unspecified atom stereocenters. The number of hydrogen-bond donors (Lipinski definition) is 0. The summed E-state index contributed by atoms with van der Waals surface area (Å²) in [6.45, 7) is 1.16. The quantitative estimate of drug-likeness (QED) is 0.465. The molecule has 0 spiro atoms. The first kappa shape index (κ1) is 17.5. The molecule has 1 atom stereocenters. The van der Waals surface area contributed by atoms with Crippen LogP contribution in [0.5, 0.6) is 5.88 Å².